The Kier molecular flexibility index (Phi) is 5.96. The van der Waals surface area contributed by atoms with Crippen LogP contribution in [0.3, 0.4) is 0 Å². The van der Waals surface area contributed by atoms with Crippen LogP contribution >= 0.6 is 0 Å². The van der Waals surface area contributed by atoms with E-state index in [9.17, 15) is 0 Å². The maximum atomic E-state index is 5.70. The number of hydrogen-bond acceptors (Lipinski definition) is 8. The number of methoxy groups -OCH3 is 1. The molecular weight excluding hydrogens is 348 g/mol. The Morgan fingerprint density at radius 3 is 2.96 bits per heavy atom. The summed E-state index contributed by atoms with van der Waals surface area (Å²) in [5.74, 6) is 1.69. The van der Waals surface area contributed by atoms with E-state index in [0.29, 0.717) is 36.9 Å². The van der Waals surface area contributed by atoms with Crippen LogP contribution in [0.25, 0.3) is 11.4 Å². The highest BCUT2D eigenvalue weighted by atomic mass is 16.5. The minimum atomic E-state index is 0.184. The monoisotopic (exact) mass is 374 g/mol. The van der Waals surface area contributed by atoms with Crippen LogP contribution in [-0.2, 0) is 9.47 Å². The van der Waals surface area contributed by atoms with E-state index in [1.807, 2.05) is 12.1 Å². The number of nitrogens with zero attached hydrogens (tertiary/aromatic N) is 4. The third-order valence-corrected chi connectivity index (χ3v) is 5.22. The van der Waals surface area contributed by atoms with Gasteiger partial charge in [0.05, 0.1) is 18.2 Å². The molecule has 0 N–H and O–H groups in total. The standard InChI is InChI=1S/C19H26N4O4/c1-24-12-13-26-18-15(4-2-8-20-18)17-21-19(27-22-17)16-5-3-9-23(16)14-6-10-25-11-7-14/h2,4,8,14,16H,3,5-7,9-13H2,1H3/t16-/m1/s1. The van der Waals surface area contributed by atoms with Crippen molar-refractivity contribution in [2.24, 2.45) is 0 Å². The second-order valence-corrected chi connectivity index (χ2v) is 6.89. The number of pyridine rings is 1. The molecule has 27 heavy (non-hydrogen) atoms. The molecule has 0 saturated carbocycles. The lowest BCUT2D eigenvalue weighted by Gasteiger charge is -2.33. The van der Waals surface area contributed by atoms with Crippen molar-refractivity contribution < 1.29 is 18.7 Å². The first kappa shape index (κ1) is 18.3. The fourth-order valence-corrected chi connectivity index (χ4v) is 3.89. The molecule has 0 aliphatic carbocycles. The van der Waals surface area contributed by atoms with Crippen molar-refractivity contribution in [2.45, 2.75) is 37.8 Å². The molecule has 4 heterocycles. The summed E-state index contributed by atoms with van der Waals surface area (Å²) in [7, 11) is 1.64. The van der Waals surface area contributed by atoms with Gasteiger partial charge in [-0.3, -0.25) is 4.90 Å². The van der Waals surface area contributed by atoms with Gasteiger partial charge in [-0.1, -0.05) is 5.16 Å². The average molecular weight is 374 g/mol. The van der Waals surface area contributed by atoms with E-state index in [0.717, 1.165) is 51.0 Å². The SMILES string of the molecule is COCCOc1ncccc1-c1noc([C@H]2CCCN2C2CCOCC2)n1. The molecule has 2 saturated heterocycles. The van der Waals surface area contributed by atoms with E-state index in [4.69, 9.17) is 23.7 Å². The van der Waals surface area contributed by atoms with Crippen LogP contribution < -0.4 is 4.74 Å². The number of likely N-dealkylation sites (tertiary alicyclic amines) is 1. The van der Waals surface area contributed by atoms with Crippen molar-refractivity contribution >= 4 is 0 Å². The zero-order valence-electron chi connectivity index (χ0n) is 15.7. The van der Waals surface area contributed by atoms with Gasteiger partial charge in [0.2, 0.25) is 17.6 Å². The second kappa shape index (κ2) is 8.77. The van der Waals surface area contributed by atoms with Gasteiger partial charge in [0.25, 0.3) is 0 Å². The van der Waals surface area contributed by atoms with Gasteiger partial charge in [-0.15, -0.1) is 0 Å². The molecule has 1 atom stereocenters. The fourth-order valence-electron chi connectivity index (χ4n) is 3.89. The Morgan fingerprint density at radius 2 is 2.11 bits per heavy atom. The minimum Gasteiger partial charge on any atom is -0.475 e. The Morgan fingerprint density at radius 1 is 1.22 bits per heavy atom. The zero-order valence-corrected chi connectivity index (χ0v) is 15.7. The Hall–Kier alpha value is -2.03. The molecule has 146 valence electrons. The first-order valence-electron chi connectivity index (χ1n) is 9.61. The van der Waals surface area contributed by atoms with E-state index >= 15 is 0 Å². The highest BCUT2D eigenvalue weighted by Gasteiger charge is 2.36. The van der Waals surface area contributed by atoms with Gasteiger partial charge >= 0.3 is 0 Å². The lowest BCUT2D eigenvalue weighted by atomic mass is 10.1. The molecule has 2 fully saturated rings. The smallest absolute Gasteiger partial charge is 0.244 e. The fraction of sp³-hybridized carbons (Fsp3) is 0.632. The number of ether oxygens (including phenoxy) is 3. The summed E-state index contributed by atoms with van der Waals surface area (Å²) >= 11 is 0. The largest absolute Gasteiger partial charge is 0.475 e. The van der Waals surface area contributed by atoms with Gasteiger partial charge in [0.1, 0.15) is 6.61 Å². The highest BCUT2D eigenvalue weighted by Crippen LogP contribution is 2.36. The van der Waals surface area contributed by atoms with E-state index in [2.05, 4.69) is 15.0 Å². The van der Waals surface area contributed by atoms with Crippen molar-refractivity contribution in [3.05, 3.63) is 24.2 Å². The Labute approximate surface area is 158 Å². The van der Waals surface area contributed by atoms with Crippen molar-refractivity contribution in [1.82, 2.24) is 20.0 Å². The van der Waals surface area contributed by atoms with Gasteiger partial charge in [0.15, 0.2) is 0 Å². The molecule has 2 aromatic heterocycles. The van der Waals surface area contributed by atoms with Crippen LogP contribution in [-0.4, -0.2) is 66.1 Å². The number of rotatable bonds is 7. The van der Waals surface area contributed by atoms with Crippen molar-refractivity contribution in [2.75, 3.05) is 40.1 Å². The number of aromatic nitrogens is 3. The summed E-state index contributed by atoms with van der Waals surface area (Å²) in [4.78, 5) is 11.5. The maximum Gasteiger partial charge on any atom is 0.244 e. The topological polar surface area (TPSA) is 82.7 Å². The van der Waals surface area contributed by atoms with Crippen LogP contribution in [0.2, 0.25) is 0 Å². The Balaban J connectivity index is 1.51. The molecule has 8 heteroatoms. The van der Waals surface area contributed by atoms with Gasteiger partial charge in [-0.25, -0.2) is 4.98 Å². The lowest BCUT2D eigenvalue weighted by molar-refractivity contribution is 0.0243. The molecule has 0 spiro atoms. The van der Waals surface area contributed by atoms with E-state index in [-0.39, 0.29) is 6.04 Å². The molecule has 0 amide bonds. The van der Waals surface area contributed by atoms with Crippen LogP contribution in [0.15, 0.2) is 22.9 Å². The maximum absolute atomic E-state index is 5.70. The third-order valence-electron chi connectivity index (χ3n) is 5.22. The molecule has 8 nitrogen and oxygen atoms in total. The summed E-state index contributed by atoms with van der Waals surface area (Å²) in [6.45, 7) is 3.66. The van der Waals surface area contributed by atoms with Crippen LogP contribution in [0.1, 0.15) is 37.6 Å². The normalized spacial score (nSPS) is 21.6. The molecule has 2 aliphatic heterocycles. The summed E-state index contributed by atoms with van der Waals surface area (Å²) in [6.07, 6.45) is 6.02. The van der Waals surface area contributed by atoms with Crippen LogP contribution in [0.4, 0.5) is 0 Å². The summed E-state index contributed by atoms with van der Waals surface area (Å²) in [6, 6.07) is 4.46. The summed E-state index contributed by atoms with van der Waals surface area (Å²) < 4.78 is 21.9. The van der Waals surface area contributed by atoms with Crippen molar-refractivity contribution in [3.63, 3.8) is 0 Å². The minimum absolute atomic E-state index is 0.184. The molecule has 4 rings (SSSR count). The summed E-state index contributed by atoms with van der Waals surface area (Å²) in [5, 5.41) is 4.21. The van der Waals surface area contributed by atoms with E-state index in [1.54, 1.807) is 13.3 Å². The van der Waals surface area contributed by atoms with Crippen LogP contribution in [0.5, 0.6) is 5.88 Å². The highest BCUT2D eigenvalue weighted by molar-refractivity contribution is 5.60. The first-order valence-corrected chi connectivity index (χ1v) is 9.61. The van der Waals surface area contributed by atoms with Crippen molar-refractivity contribution in [3.8, 4) is 17.3 Å². The molecule has 0 aromatic carbocycles. The number of hydrogen-bond donors (Lipinski definition) is 0. The van der Waals surface area contributed by atoms with E-state index < -0.39 is 0 Å². The molecule has 0 unspecified atom stereocenters. The van der Waals surface area contributed by atoms with Gasteiger partial charge in [-0.05, 0) is 44.4 Å². The summed E-state index contributed by atoms with van der Waals surface area (Å²) in [5.41, 5.74) is 0.735. The van der Waals surface area contributed by atoms with Crippen LogP contribution in [0, 0.1) is 0 Å². The predicted octanol–water partition coefficient (Wildman–Crippen LogP) is 2.47. The second-order valence-electron chi connectivity index (χ2n) is 6.89. The average Bonchev–Trinajstić information content (AvgIpc) is 3.39. The predicted molar refractivity (Wildman–Crippen MR) is 97.4 cm³/mol. The van der Waals surface area contributed by atoms with Gasteiger partial charge in [0, 0.05) is 32.6 Å². The van der Waals surface area contributed by atoms with Crippen molar-refractivity contribution in [1.29, 1.82) is 0 Å². The zero-order chi connectivity index (χ0) is 18.5. The van der Waals surface area contributed by atoms with Gasteiger partial charge < -0.3 is 18.7 Å². The lowest BCUT2D eigenvalue weighted by Crippen LogP contribution is -2.39. The van der Waals surface area contributed by atoms with Gasteiger partial charge in [-0.2, -0.15) is 4.98 Å². The third kappa shape index (κ3) is 4.12. The Bertz CT molecular complexity index is 732. The van der Waals surface area contributed by atoms with E-state index in [1.165, 1.54) is 0 Å². The molecule has 2 aromatic rings. The first-order chi connectivity index (χ1) is 13.4. The molecule has 0 bridgehead atoms. The quantitative estimate of drug-likeness (QED) is 0.684. The molecular formula is C19H26N4O4. The molecule has 0 radical (unpaired) electrons. The molecule has 2 aliphatic rings.